The molecule has 1 aliphatic carbocycles. The Labute approximate surface area is 124 Å². The van der Waals surface area contributed by atoms with Crippen molar-refractivity contribution in [2.45, 2.75) is 38.1 Å². The molecule has 0 bridgehead atoms. The summed E-state index contributed by atoms with van der Waals surface area (Å²) in [5.74, 6) is 0.910. The first-order chi connectivity index (χ1) is 9.01. The van der Waals surface area contributed by atoms with E-state index in [1.807, 2.05) is 7.05 Å². The van der Waals surface area contributed by atoms with Gasteiger partial charge in [-0.3, -0.25) is 4.99 Å². The number of hydrogen-bond donors (Lipinski definition) is 2. The second-order valence-electron chi connectivity index (χ2n) is 5.74. The van der Waals surface area contributed by atoms with Crippen LogP contribution in [0.15, 0.2) is 33.7 Å². The molecule has 0 aliphatic heterocycles. The Morgan fingerprint density at radius 3 is 2.47 bits per heavy atom. The van der Waals surface area contributed by atoms with Gasteiger partial charge in [-0.25, -0.2) is 0 Å². The van der Waals surface area contributed by atoms with Crippen molar-refractivity contribution in [2.24, 2.45) is 4.99 Å². The summed E-state index contributed by atoms with van der Waals surface area (Å²) in [4.78, 5) is 4.27. The first-order valence-electron chi connectivity index (χ1n) is 6.74. The molecule has 1 saturated carbocycles. The molecule has 0 unspecified atom stereocenters. The van der Waals surface area contributed by atoms with E-state index in [4.69, 9.17) is 0 Å². The fourth-order valence-electron chi connectivity index (χ4n) is 1.92. The third kappa shape index (κ3) is 4.23. The van der Waals surface area contributed by atoms with Gasteiger partial charge in [-0.15, -0.1) is 0 Å². The topological polar surface area (TPSA) is 36.4 Å². The highest BCUT2D eigenvalue weighted by Gasteiger charge is 2.24. The number of hydrogen-bond acceptors (Lipinski definition) is 1. The first-order valence-corrected chi connectivity index (χ1v) is 7.54. The summed E-state index contributed by atoms with van der Waals surface area (Å²) in [6, 6.07) is 9.15. The standard InChI is InChI=1S/C15H22BrN3/c1-15(2,11-4-6-12(16)7-5-11)10-18-14(17-3)19-13-8-9-13/h4-7,13H,8-10H2,1-3H3,(H2,17,18,19). The van der Waals surface area contributed by atoms with Crippen molar-refractivity contribution in [3.05, 3.63) is 34.3 Å². The lowest BCUT2D eigenvalue weighted by Gasteiger charge is -2.27. The van der Waals surface area contributed by atoms with Crippen molar-refractivity contribution in [1.29, 1.82) is 0 Å². The predicted octanol–water partition coefficient (Wildman–Crippen LogP) is 3.05. The molecule has 0 radical (unpaired) electrons. The van der Waals surface area contributed by atoms with Gasteiger partial charge in [-0.05, 0) is 30.5 Å². The van der Waals surface area contributed by atoms with E-state index in [0.717, 1.165) is 17.0 Å². The van der Waals surface area contributed by atoms with Gasteiger partial charge in [0.15, 0.2) is 5.96 Å². The Kier molecular flexibility index (Phi) is 4.50. The summed E-state index contributed by atoms with van der Waals surface area (Å²) in [5, 5.41) is 6.83. The van der Waals surface area contributed by atoms with E-state index in [9.17, 15) is 0 Å². The average molecular weight is 324 g/mol. The van der Waals surface area contributed by atoms with Crippen LogP contribution in [0.4, 0.5) is 0 Å². The van der Waals surface area contributed by atoms with Crippen LogP contribution in [0.3, 0.4) is 0 Å². The summed E-state index contributed by atoms with van der Waals surface area (Å²) < 4.78 is 1.12. The van der Waals surface area contributed by atoms with Crippen LogP contribution >= 0.6 is 15.9 Å². The fraction of sp³-hybridized carbons (Fsp3) is 0.533. The molecular formula is C15H22BrN3. The van der Waals surface area contributed by atoms with Crippen LogP contribution < -0.4 is 10.6 Å². The first kappa shape index (κ1) is 14.4. The number of guanidine groups is 1. The average Bonchev–Trinajstić information content (AvgIpc) is 3.19. The van der Waals surface area contributed by atoms with Crippen molar-refractivity contribution in [1.82, 2.24) is 10.6 Å². The number of halogens is 1. The molecule has 3 nitrogen and oxygen atoms in total. The lowest BCUT2D eigenvalue weighted by Crippen LogP contribution is -2.44. The van der Waals surface area contributed by atoms with Crippen LogP contribution in [0, 0.1) is 0 Å². The third-order valence-corrected chi connectivity index (χ3v) is 3.99. The SMILES string of the molecule is CN=C(NCC(C)(C)c1ccc(Br)cc1)NC1CC1. The minimum Gasteiger partial charge on any atom is -0.356 e. The molecule has 2 rings (SSSR count). The molecule has 0 aromatic heterocycles. The predicted molar refractivity (Wildman–Crippen MR) is 84.7 cm³/mol. The number of nitrogens with one attached hydrogen (secondary N) is 2. The van der Waals surface area contributed by atoms with Crippen LogP contribution in [0.5, 0.6) is 0 Å². The molecule has 1 aromatic rings. The van der Waals surface area contributed by atoms with Crippen molar-refractivity contribution in [2.75, 3.05) is 13.6 Å². The number of rotatable bonds is 4. The van der Waals surface area contributed by atoms with E-state index in [-0.39, 0.29) is 5.41 Å². The van der Waals surface area contributed by atoms with Gasteiger partial charge < -0.3 is 10.6 Å². The summed E-state index contributed by atoms with van der Waals surface area (Å²) in [6.45, 7) is 5.35. The lowest BCUT2D eigenvalue weighted by atomic mass is 9.85. The summed E-state index contributed by atoms with van der Waals surface area (Å²) >= 11 is 3.47. The van der Waals surface area contributed by atoms with Gasteiger partial charge in [-0.1, -0.05) is 41.9 Å². The van der Waals surface area contributed by atoms with Crippen LogP contribution in [0.1, 0.15) is 32.3 Å². The zero-order valence-corrected chi connectivity index (χ0v) is 13.4. The molecule has 0 heterocycles. The maximum absolute atomic E-state index is 4.27. The Morgan fingerprint density at radius 1 is 1.32 bits per heavy atom. The normalized spacial score (nSPS) is 16.3. The van der Waals surface area contributed by atoms with E-state index in [1.165, 1.54) is 18.4 Å². The summed E-state index contributed by atoms with van der Waals surface area (Å²) in [6.07, 6.45) is 2.52. The maximum atomic E-state index is 4.27. The third-order valence-electron chi connectivity index (χ3n) is 3.47. The minimum absolute atomic E-state index is 0.0713. The molecule has 0 amide bonds. The second kappa shape index (κ2) is 5.95. The lowest BCUT2D eigenvalue weighted by molar-refractivity contribution is 0.508. The van der Waals surface area contributed by atoms with Crippen molar-refractivity contribution < 1.29 is 0 Å². The zero-order valence-electron chi connectivity index (χ0n) is 11.8. The number of aliphatic imine (C=N–C) groups is 1. The molecular weight excluding hydrogens is 302 g/mol. The van der Waals surface area contributed by atoms with Crippen molar-refractivity contribution in [3.8, 4) is 0 Å². The Bertz CT molecular complexity index is 447. The highest BCUT2D eigenvalue weighted by Crippen LogP contribution is 2.24. The van der Waals surface area contributed by atoms with Crippen LogP contribution in [0.25, 0.3) is 0 Å². The largest absolute Gasteiger partial charge is 0.356 e. The monoisotopic (exact) mass is 323 g/mol. The molecule has 4 heteroatoms. The Balaban J connectivity index is 1.94. The van der Waals surface area contributed by atoms with Crippen LogP contribution in [0.2, 0.25) is 0 Å². The molecule has 1 aromatic carbocycles. The summed E-state index contributed by atoms with van der Waals surface area (Å²) in [5.41, 5.74) is 1.40. The van der Waals surface area contributed by atoms with E-state index in [1.54, 1.807) is 0 Å². The summed E-state index contributed by atoms with van der Waals surface area (Å²) in [7, 11) is 1.82. The van der Waals surface area contributed by atoms with Crippen LogP contribution in [-0.2, 0) is 5.41 Å². The van der Waals surface area contributed by atoms with Gasteiger partial charge in [0.05, 0.1) is 0 Å². The van der Waals surface area contributed by atoms with Gasteiger partial charge in [0, 0.05) is 29.5 Å². The molecule has 104 valence electrons. The molecule has 0 saturated heterocycles. The molecule has 2 N–H and O–H groups in total. The Morgan fingerprint density at radius 2 is 1.95 bits per heavy atom. The highest BCUT2D eigenvalue weighted by atomic mass is 79.9. The van der Waals surface area contributed by atoms with Crippen LogP contribution in [-0.4, -0.2) is 25.6 Å². The van der Waals surface area contributed by atoms with Crippen molar-refractivity contribution in [3.63, 3.8) is 0 Å². The van der Waals surface area contributed by atoms with E-state index < -0.39 is 0 Å². The minimum atomic E-state index is 0.0713. The van der Waals surface area contributed by atoms with Gasteiger partial charge in [-0.2, -0.15) is 0 Å². The smallest absolute Gasteiger partial charge is 0.191 e. The molecule has 1 aliphatic rings. The second-order valence-corrected chi connectivity index (χ2v) is 6.65. The molecule has 19 heavy (non-hydrogen) atoms. The highest BCUT2D eigenvalue weighted by molar-refractivity contribution is 9.10. The molecule has 1 fully saturated rings. The number of nitrogens with zero attached hydrogens (tertiary/aromatic N) is 1. The zero-order chi connectivity index (χ0) is 13.9. The van der Waals surface area contributed by atoms with Gasteiger partial charge in [0.1, 0.15) is 0 Å². The Hall–Kier alpha value is -1.03. The van der Waals surface area contributed by atoms with Gasteiger partial charge in [0.25, 0.3) is 0 Å². The van der Waals surface area contributed by atoms with E-state index >= 15 is 0 Å². The van der Waals surface area contributed by atoms with Gasteiger partial charge in [0.2, 0.25) is 0 Å². The number of benzene rings is 1. The van der Waals surface area contributed by atoms with Gasteiger partial charge >= 0.3 is 0 Å². The quantitative estimate of drug-likeness (QED) is 0.660. The molecule has 0 spiro atoms. The van der Waals surface area contributed by atoms with E-state index in [0.29, 0.717) is 6.04 Å². The maximum Gasteiger partial charge on any atom is 0.191 e. The van der Waals surface area contributed by atoms with E-state index in [2.05, 4.69) is 69.7 Å². The molecule has 0 atom stereocenters. The fourth-order valence-corrected chi connectivity index (χ4v) is 2.19. The van der Waals surface area contributed by atoms with Crippen molar-refractivity contribution >= 4 is 21.9 Å².